The van der Waals surface area contributed by atoms with E-state index in [-0.39, 0.29) is 31.1 Å². The van der Waals surface area contributed by atoms with Crippen LogP contribution >= 0.6 is 0 Å². The van der Waals surface area contributed by atoms with E-state index in [2.05, 4.69) is 93.7 Å². The molecule has 0 rings (SSSR count). The molecule has 0 aliphatic heterocycles. The van der Waals surface area contributed by atoms with Gasteiger partial charge in [0.2, 0.25) is 0 Å². The molecule has 0 aliphatic rings. The number of carbonyl (C=O) groups excluding carboxylic acids is 3. The molecule has 6 heteroatoms. The lowest BCUT2D eigenvalue weighted by Crippen LogP contribution is -2.30. The van der Waals surface area contributed by atoms with Crippen LogP contribution in [0.3, 0.4) is 0 Å². The molecular weight excluding hydrogens is 781 g/mol. The summed E-state index contributed by atoms with van der Waals surface area (Å²) in [6, 6.07) is 0. The molecule has 0 N–H and O–H groups in total. The van der Waals surface area contributed by atoms with E-state index in [1.165, 1.54) is 77.0 Å². The third-order valence-electron chi connectivity index (χ3n) is 11.2. The van der Waals surface area contributed by atoms with Gasteiger partial charge >= 0.3 is 17.9 Å². The SMILES string of the molecule is CC/C=C\C/C=C\C/C=C\CCCCCCCC(=O)OC[C@@H](COC(=O)CCCCCCCCCCCCCCCCC)OC(=O)CCCCCCC/C=C\C/C=C\C/C=C\CC. The molecule has 0 saturated carbocycles. The predicted octanol–water partition coefficient (Wildman–Crippen LogP) is 17.4. The zero-order chi connectivity index (χ0) is 45.8. The van der Waals surface area contributed by atoms with E-state index in [0.29, 0.717) is 19.3 Å². The highest BCUT2D eigenvalue weighted by Crippen LogP contribution is 2.15. The Hall–Kier alpha value is -3.15. The summed E-state index contributed by atoms with van der Waals surface area (Å²) in [6.07, 6.45) is 64.5. The molecule has 6 nitrogen and oxygen atoms in total. The van der Waals surface area contributed by atoms with Crippen molar-refractivity contribution in [2.24, 2.45) is 0 Å². The number of hydrogen-bond donors (Lipinski definition) is 0. The van der Waals surface area contributed by atoms with Crippen LogP contribution in [0.4, 0.5) is 0 Å². The Morgan fingerprint density at radius 2 is 0.619 bits per heavy atom. The normalized spacial score (nSPS) is 12.6. The first kappa shape index (κ1) is 59.9. The van der Waals surface area contributed by atoms with Crippen molar-refractivity contribution in [1.29, 1.82) is 0 Å². The van der Waals surface area contributed by atoms with Gasteiger partial charge in [0, 0.05) is 19.3 Å². The maximum absolute atomic E-state index is 12.8. The zero-order valence-electron chi connectivity index (χ0n) is 41.3. The molecule has 0 unspecified atom stereocenters. The van der Waals surface area contributed by atoms with Crippen LogP contribution in [0.2, 0.25) is 0 Å². The van der Waals surface area contributed by atoms with Gasteiger partial charge in [-0.25, -0.2) is 0 Å². The van der Waals surface area contributed by atoms with Crippen molar-refractivity contribution < 1.29 is 28.6 Å². The summed E-state index contributed by atoms with van der Waals surface area (Å²) in [5, 5.41) is 0. The number of unbranched alkanes of at least 4 members (excludes halogenated alkanes) is 24. The van der Waals surface area contributed by atoms with Gasteiger partial charge in [0.1, 0.15) is 13.2 Å². The first-order chi connectivity index (χ1) is 31.0. The lowest BCUT2D eigenvalue weighted by molar-refractivity contribution is -0.167. The average molecular weight is 879 g/mol. The molecule has 0 amide bonds. The van der Waals surface area contributed by atoms with E-state index < -0.39 is 6.10 Å². The highest BCUT2D eigenvalue weighted by Gasteiger charge is 2.19. The Bertz CT molecular complexity index is 1190. The molecule has 0 aliphatic carbocycles. The quantitative estimate of drug-likeness (QED) is 0.0262. The summed E-state index contributed by atoms with van der Waals surface area (Å²) < 4.78 is 16.8. The lowest BCUT2D eigenvalue weighted by Gasteiger charge is -2.18. The van der Waals surface area contributed by atoms with E-state index in [9.17, 15) is 14.4 Å². The molecule has 0 spiro atoms. The Kier molecular flexibility index (Phi) is 48.9. The van der Waals surface area contributed by atoms with Gasteiger partial charge in [-0.05, 0) is 83.5 Å². The van der Waals surface area contributed by atoms with Crippen molar-refractivity contribution in [3.63, 3.8) is 0 Å². The van der Waals surface area contributed by atoms with Crippen LogP contribution in [0.1, 0.15) is 252 Å². The number of carbonyl (C=O) groups is 3. The van der Waals surface area contributed by atoms with Crippen LogP contribution in [0, 0.1) is 0 Å². The maximum Gasteiger partial charge on any atom is 0.306 e. The minimum Gasteiger partial charge on any atom is -0.462 e. The molecule has 0 aromatic carbocycles. The zero-order valence-corrected chi connectivity index (χ0v) is 41.3. The third kappa shape index (κ3) is 49.7. The Morgan fingerprint density at radius 3 is 0.968 bits per heavy atom. The predicted molar refractivity (Wildman–Crippen MR) is 270 cm³/mol. The second-order valence-electron chi connectivity index (χ2n) is 17.4. The van der Waals surface area contributed by atoms with Gasteiger partial charge in [-0.15, -0.1) is 0 Å². The van der Waals surface area contributed by atoms with Crippen LogP contribution in [0.15, 0.2) is 72.9 Å². The van der Waals surface area contributed by atoms with Crippen molar-refractivity contribution in [2.75, 3.05) is 13.2 Å². The fourth-order valence-corrected chi connectivity index (χ4v) is 7.29. The van der Waals surface area contributed by atoms with Gasteiger partial charge < -0.3 is 14.2 Å². The highest BCUT2D eigenvalue weighted by atomic mass is 16.6. The molecule has 0 aromatic heterocycles. The largest absolute Gasteiger partial charge is 0.462 e. The molecule has 0 bridgehead atoms. The van der Waals surface area contributed by atoms with Crippen molar-refractivity contribution in [3.05, 3.63) is 72.9 Å². The van der Waals surface area contributed by atoms with Crippen molar-refractivity contribution in [1.82, 2.24) is 0 Å². The van der Waals surface area contributed by atoms with Crippen molar-refractivity contribution in [2.45, 2.75) is 258 Å². The number of hydrogen-bond acceptors (Lipinski definition) is 6. The number of allylic oxidation sites excluding steroid dienone is 12. The van der Waals surface area contributed by atoms with Crippen molar-refractivity contribution >= 4 is 17.9 Å². The molecule has 0 radical (unpaired) electrons. The van der Waals surface area contributed by atoms with E-state index in [1.807, 2.05) is 0 Å². The van der Waals surface area contributed by atoms with E-state index in [0.717, 1.165) is 135 Å². The molecule has 1 atom stereocenters. The molecule has 362 valence electrons. The monoisotopic (exact) mass is 879 g/mol. The Morgan fingerprint density at radius 1 is 0.333 bits per heavy atom. The molecule has 0 saturated heterocycles. The highest BCUT2D eigenvalue weighted by molar-refractivity contribution is 5.71. The topological polar surface area (TPSA) is 78.9 Å². The standard InChI is InChI=1S/C57H98O6/c1-4-7-10-13-16-19-22-25-28-31-34-37-40-43-46-49-55(58)61-52-54(63-57(60)51-48-45-42-39-36-33-30-27-24-21-18-15-12-9-6-3)53-62-56(59)50-47-44-41-38-35-32-29-26-23-20-17-14-11-8-5-2/h7,9-10,12,16,18-19,21,25,27-28,30,54H,4-6,8,11,13-15,17,20,22-24,26,29,31-53H2,1-3H3/b10-7-,12-9-,19-16-,21-18-,28-25-,30-27-/t54-/m0/s1. The molecule has 0 fully saturated rings. The van der Waals surface area contributed by atoms with Crippen LogP contribution in [0.25, 0.3) is 0 Å². The lowest BCUT2D eigenvalue weighted by atomic mass is 10.0. The van der Waals surface area contributed by atoms with Gasteiger partial charge in [-0.1, -0.05) is 222 Å². The number of ether oxygens (including phenoxy) is 3. The first-order valence-electron chi connectivity index (χ1n) is 26.4. The summed E-state index contributed by atoms with van der Waals surface area (Å²) in [5.41, 5.74) is 0. The summed E-state index contributed by atoms with van der Waals surface area (Å²) in [6.45, 7) is 6.40. The van der Waals surface area contributed by atoms with E-state index in [4.69, 9.17) is 14.2 Å². The smallest absolute Gasteiger partial charge is 0.306 e. The third-order valence-corrected chi connectivity index (χ3v) is 11.2. The minimum atomic E-state index is -0.790. The average Bonchev–Trinajstić information content (AvgIpc) is 3.28. The van der Waals surface area contributed by atoms with Gasteiger partial charge in [0.05, 0.1) is 0 Å². The Labute approximate surface area is 389 Å². The summed E-state index contributed by atoms with van der Waals surface area (Å²) in [7, 11) is 0. The minimum absolute atomic E-state index is 0.0865. The van der Waals surface area contributed by atoms with E-state index >= 15 is 0 Å². The summed E-state index contributed by atoms with van der Waals surface area (Å²) >= 11 is 0. The van der Waals surface area contributed by atoms with Gasteiger partial charge in [0.25, 0.3) is 0 Å². The summed E-state index contributed by atoms with van der Waals surface area (Å²) in [4.78, 5) is 38.0. The number of esters is 3. The molecular formula is C57H98O6. The Balaban J connectivity index is 4.42. The maximum atomic E-state index is 12.8. The van der Waals surface area contributed by atoms with Crippen LogP contribution in [0.5, 0.6) is 0 Å². The van der Waals surface area contributed by atoms with Crippen LogP contribution in [-0.4, -0.2) is 37.2 Å². The molecule has 0 heterocycles. The second kappa shape index (κ2) is 51.5. The van der Waals surface area contributed by atoms with Gasteiger partial charge in [-0.2, -0.15) is 0 Å². The molecule has 63 heavy (non-hydrogen) atoms. The van der Waals surface area contributed by atoms with Crippen LogP contribution < -0.4 is 0 Å². The first-order valence-corrected chi connectivity index (χ1v) is 26.4. The van der Waals surface area contributed by atoms with Crippen LogP contribution in [-0.2, 0) is 28.6 Å². The second-order valence-corrected chi connectivity index (χ2v) is 17.4. The van der Waals surface area contributed by atoms with Crippen molar-refractivity contribution in [3.8, 4) is 0 Å². The van der Waals surface area contributed by atoms with E-state index in [1.54, 1.807) is 0 Å². The summed E-state index contributed by atoms with van der Waals surface area (Å²) in [5.74, 6) is -0.916. The van der Waals surface area contributed by atoms with Gasteiger partial charge in [0.15, 0.2) is 6.10 Å². The fraction of sp³-hybridized carbons (Fsp3) is 0.737. The van der Waals surface area contributed by atoms with Gasteiger partial charge in [-0.3, -0.25) is 14.4 Å². The number of rotatable bonds is 47. The molecule has 0 aromatic rings. The fourth-order valence-electron chi connectivity index (χ4n) is 7.29.